The number of allylic oxidation sites excluding steroid dienone is 2. The molecule has 0 aromatic rings. The first-order valence-corrected chi connectivity index (χ1v) is 15.5. The fraction of sp³-hybridized carbons (Fsp3) is 0.882. The second kappa shape index (κ2) is 10.2. The van der Waals surface area contributed by atoms with Crippen LogP contribution in [0.3, 0.4) is 0 Å². The quantitative estimate of drug-likeness (QED) is 0.269. The Hall–Kier alpha value is -0.870. The maximum absolute atomic E-state index is 12.5. The van der Waals surface area contributed by atoms with Gasteiger partial charge >= 0.3 is 5.97 Å². The second-order valence-electron chi connectivity index (χ2n) is 15.3. The molecule has 4 aliphatic rings. The van der Waals surface area contributed by atoms with Gasteiger partial charge in [-0.25, -0.2) is 0 Å². The summed E-state index contributed by atoms with van der Waals surface area (Å²) in [7, 11) is 0. The minimum atomic E-state index is -0.779. The van der Waals surface area contributed by atoms with Crippen molar-refractivity contribution in [3.63, 3.8) is 0 Å². The number of esters is 1. The Kier molecular flexibility index (Phi) is 8.08. The standard InChI is InChI=1S/C34H57O4/c1-11-37-28-16-18-31(7)26(30(28,5)6)15-20-32(8)27(31)21-25(38-23(4)35)29-24(14-19-33(29,32)9)34(10,36)17-12-13-22(2)3/h13,15,24-29,36H,11-12,14,16-21H2,1-10H3/t24?,25?,26?,27?,28-,29?,31?,32?,33?,34?/m0/s1. The van der Waals surface area contributed by atoms with Crippen molar-refractivity contribution in [3.05, 3.63) is 18.1 Å². The Bertz CT molecular complexity index is 915. The molecule has 0 spiro atoms. The number of carbonyl (C=O) groups is 1. The van der Waals surface area contributed by atoms with Gasteiger partial charge < -0.3 is 14.6 Å². The Balaban J connectivity index is 1.72. The topological polar surface area (TPSA) is 55.8 Å². The van der Waals surface area contributed by atoms with Crippen LogP contribution in [0.5, 0.6) is 0 Å². The molecule has 0 bridgehead atoms. The molecule has 1 radical (unpaired) electrons. The molecule has 4 fully saturated rings. The molecule has 217 valence electrons. The fourth-order valence-electron chi connectivity index (χ4n) is 10.7. The largest absolute Gasteiger partial charge is 0.462 e. The molecular weight excluding hydrogens is 472 g/mol. The van der Waals surface area contributed by atoms with Gasteiger partial charge in [0, 0.05) is 19.4 Å². The molecule has 4 saturated carbocycles. The maximum Gasteiger partial charge on any atom is 0.302 e. The van der Waals surface area contributed by atoms with Crippen LogP contribution in [0.15, 0.2) is 11.6 Å². The van der Waals surface area contributed by atoms with E-state index < -0.39 is 5.60 Å². The lowest BCUT2D eigenvalue weighted by Crippen LogP contribution is -2.67. The minimum Gasteiger partial charge on any atom is -0.462 e. The van der Waals surface area contributed by atoms with E-state index in [2.05, 4.69) is 67.9 Å². The lowest BCUT2D eigenvalue weighted by Gasteiger charge is -2.70. The summed E-state index contributed by atoms with van der Waals surface area (Å²) in [6, 6.07) is 0. The second-order valence-corrected chi connectivity index (χ2v) is 15.3. The van der Waals surface area contributed by atoms with Crippen molar-refractivity contribution in [2.75, 3.05) is 6.61 Å². The predicted octanol–water partition coefficient (Wildman–Crippen LogP) is 7.93. The van der Waals surface area contributed by atoms with E-state index in [0.717, 1.165) is 58.0 Å². The van der Waals surface area contributed by atoms with E-state index in [4.69, 9.17) is 9.47 Å². The average Bonchev–Trinajstić information content (AvgIpc) is 3.17. The molecule has 0 saturated heterocycles. The number of hydrogen-bond donors (Lipinski definition) is 1. The molecule has 1 N–H and O–H groups in total. The first-order valence-electron chi connectivity index (χ1n) is 15.5. The first kappa shape index (κ1) is 30.1. The van der Waals surface area contributed by atoms with E-state index in [1.807, 2.05) is 6.92 Å². The van der Waals surface area contributed by atoms with Crippen LogP contribution >= 0.6 is 0 Å². The third-order valence-corrected chi connectivity index (χ3v) is 12.6. The van der Waals surface area contributed by atoms with Crippen molar-refractivity contribution >= 4 is 5.97 Å². The van der Waals surface area contributed by atoms with E-state index in [1.54, 1.807) is 6.92 Å². The van der Waals surface area contributed by atoms with Gasteiger partial charge in [0.25, 0.3) is 0 Å². The third-order valence-electron chi connectivity index (χ3n) is 12.6. The van der Waals surface area contributed by atoms with Gasteiger partial charge in [-0.1, -0.05) is 46.3 Å². The zero-order chi connectivity index (χ0) is 28.3. The Morgan fingerprint density at radius 2 is 1.76 bits per heavy atom. The molecule has 10 atom stereocenters. The number of fused-ring (bicyclic) bond motifs is 5. The molecule has 4 aliphatic carbocycles. The summed E-state index contributed by atoms with van der Waals surface area (Å²) in [5.41, 5.74) is 0.848. The Morgan fingerprint density at radius 3 is 2.37 bits per heavy atom. The molecule has 0 aliphatic heterocycles. The summed E-state index contributed by atoms with van der Waals surface area (Å²) in [5, 5.41) is 11.9. The van der Waals surface area contributed by atoms with Crippen LogP contribution in [0.1, 0.15) is 121 Å². The van der Waals surface area contributed by atoms with E-state index in [0.29, 0.717) is 11.8 Å². The summed E-state index contributed by atoms with van der Waals surface area (Å²) in [6.07, 6.45) is 13.0. The van der Waals surface area contributed by atoms with Crippen molar-refractivity contribution in [2.24, 2.45) is 45.3 Å². The molecule has 0 heterocycles. The van der Waals surface area contributed by atoms with E-state index >= 15 is 0 Å². The Morgan fingerprint density at radius 1 is 1.08 bits per heavy atom. The fourth-order valence-corrected chi connectivity index (χ4v) is 10.7. The minimum absolute atomic E-state index is 0.00654. The third kappa shape index (κ3) is 4.62. The molecule has 0 aromatic carbocycles. The van der Waals surface area contributed by atoms with Crippen molar-refractivity contribution in [3.8, 4) is 0 Å². The van der Waals surface area contributed by atoms with Crippen LogP contribution < -0.4 is 0 Å². The van der Waals surface area contributed by atoms with Crippen LogP contribution in [-0.2, 0) is 14.3 Å². The summed E-state index contributed by atoms with van der Waals surface area (Å²) >= 11 is 0. The highest BCUT2D eigenvalue weighted by molar-refractivity contribution is 5.66. The lowest BCUT2D eigenvalue weighted by molar-refractivity contribution is -0.240. The van der Waals surface area contributed by atoms with Crippen molar-refractivity contribution in [2.45, 2.75) is 138 Å². The average molecular weight is 530 g/mol. The molecule has 4 heteroatoms. The van der Waals surface area contributed by atoms with Crippen LogP contribution in [0.25, 0.3) is 0 Å². The van der Waals surface area contributed by atoms with Gasteiger partial charge in [-0.3, -0.25) is 4.79 Å². The normalized spacial score (nSPS) is 45.2. The first-order chi connectivity index (χ1) is 17.5. The maximum atomic E-state index is 12.5. The predicted molar refractivity (Wildman–Crippen MR) is 154 cm³/mol. The summed E-state index contributed by atoms with van der Waals surface area (Å²) < 4.78 is 12.6. The van der Waals surface area contributed by atoms with Gasteiger partial charge in [-0.15, -0.1) is 0 Å². The van der Waals surface area contributed by atoms with E-state index in [-0.39, 0.29) is 51.7 Å². The van der Waals surface area contributed by atoms with Crippen molar-refractivity contribution in [1.29, 1.82) is 0 Å². The summed E-state index contributed by atoms with van der Waals surface area (Å²) in [4.78, 5) is 12.5. The van der Waals surface area contributed by atoms with E-state index in [1.165, 1.54) is 5.57 Å². The molecule has 4 nitrogen and oxygen atoms in total. The van der Waals surface area contributed by atoms with E-state index in [9.17, 15) is 9.90 Å². The van der Waals surface area contributed by atoms with Gasteiger partial charge in [0.2, 0.25) is 0 Å². The zero-order valence-corrected chi connectivity index (χ0v) is 26.2. The molecule has 9 unspecified atom stereocenters. The van der Waals surface area contributed by atoms with Gasteiger partial charge in [0.15, 0.2) is 0 Å². The highest BCUT2D eigenvalue weighted by Gasteiger charge is 2.72. The van der Waals surface area contributed by atoms with Crippen LogP contribution in [0.4, 0.5) is 0 Å². The van der Waals surface area contributed by atoms with Crippen LogP contribution in [0.2, 0.25) is 0 Å². The van der Waals surface area contributed by atoms with Gasteiger partial charge in [-0.05, 0) is 125 Å². The van der Waals surface area contributed by atoms with Crippen molar-refractivity contribution < 1.29 is 19.4 Å². The molecule has 4 rings (SSSR count). The Labute approximate surface area is 233 Å². The van der Waals surface area contributed by atoms with Gasteiger partial charge in [0.1, 0.15) is 6.10 Å². The smallest absolute Gasteiger partial charge is 0.302 e. The van der Waals surface area contributed by atoms with Gasteiger partial charge in [-0.2, -0.15) is 0 Å². The lowest BCUT2D eigenvalue weighted by atomic mass is 9.35. The van der Waals surface area contributed by atoms with Crippen LogP contribution in [-0.4, -0.2) is 35.5 Å². The zero-order valence-electron chi connectivity index (χ0n) is 26.2. The molecular formula is C34H57O4. The van der Waals surface area contributed by atoms with Crippen molar-refractivity contribution in [1.82, 2.24) is 0 Å². The highest BCUT2D eigenvalue weighted by Crippen LogP contribution is 2.76. The number of ether oxygens (including phenoxy) is 2. The summed E-state index contributed by atoms with van der Waals surface area (Å²) in [6.45, 7) is 23.1. The molecule has 0 amide bonds. The number of carbonyl (C=O) groups excluding carboxylic acids is 1. The number of aliphatic hydroxyl groups is 1. The monoisotopic (exact) mass is 529 g/mol. The molecule has 0 aromatic heterocycles. The SMILES string of the molecule is CCO[C@H]1CCC2(C)C([CH]CC3(C)C2CC(OC(C)=O)C2C(C(C)(O)CCC=C(C)C)CCC23C)C1(C)C. The number of hydrogen-bond acceptors (Lipinski definition) is 4. The van der Waals surface area contributed by atoms with Crippen LogP contribution in [0, 0.1) is 51.8 Å². The highest BCUT2D eigenvalue weighted by atomic mass is 16.5. The number of rotatable bonds is 7. The summed E-state index contributed by atoms with van der Waals surface area (Å²) in [5.74, 6) is 1.07. The molecule has 38 heavy (non-hydrogen) atoms. The van der Waals surface area contributed by atoms with Gasteiger partial charge in [0.05, 0.1) is 11.7 Å².